The molecule has 0 aliphatic carbocycles. The van der Waals surface area contributed by atoms with Crippen LogP contribution in [0, 0.1) is 13.8 Å². The summed E-state index contributed by atoms with van der Waals surface area (Å²) in [4.78, 5) is 13.5. The number of carbonyl (C=O) groups is 1. The molecular formula is C19H24N2O3S2. The van der Waals surface area contributed by atoms with Crippen LogP contribution in [0.2, 0.25) is 0 Å². The third-order valence-electron chi connectivity index (χ3n) is 3.91. The average molecular weight is 393 g/mol. The number of aryl methyl sites for hydroxylation is 2. The molecule has 0 radical (unpaired) electrons. The molecule has 1 N–H and O–H groups in total. The van der Waals surface area contributed by atoms with E-state index in [4.69, 9.17) is 0 Å². The quantitative estimate of drug-likeness (QED) is 0.736. The largest absolute Gasteiger partial charge is 0.351 e. The van der Waals surface area contributed by atoms with E-state index >= 15 is 0 Å². The Morgan fingerprint density at radius 3 is 2.50 bits per heavy atom. The first kappa shape index (κ1) is 20.5. The van der Waals surface area contributed by atoms with Crippen LogP contribution in [0.25, 0.3) is 0 Å². The smallest absolute Gasteiger partial charge is 0.242 e. The Morgan fingerprint density at radius 1 is 1.12 bits per heavy atom. The van der Waals surface area contributed by atoms with Gasteiger partial charge in [-0.05, 0) is 37.1 Å². The maximum atomic E-state index is 12.4. The summed E-state index contributed by atoms with van der Waals surface area (Å²) >= 11 is 1.48. The number of nitrogens with zero attached hydrogens (tertiary/aromatic N) is 1. The highest BCUT2D eigenvalue weighted by Gasteiger charge is 2.20. The first-order valence-corrected chi connectivity index (χ1v) is 10.6. The van der Waals surface area contributed by atoms with Crippen molar-refractivity contribution in [2.45, 2.75) is 30.2 Å². The van der Waals surface area contributed by atoms with Gasteiger partial charge in [0.25, 0.3) is 0 Å². The Morgan fingerprint density at radius 2 is 1.81 bits per heavy atom. The highest BCUT2D eigenvalue weighted by molar-refractivity contribution is 8.00. The van der Waals surface area contributed by atoms with Gasteiger partial charge in [-0.1, -0.05) is 35.9 Å². The van der Waals surface area contributed by atoms with E-state index in [1.807, 2.05) is 26.0 Å². The van der Waals surface area contributed by atoms with Crippen LogP contribution in [0.1, 0.15) is 16.7 Å². The molecule has 0 unspecified atom stereocenters. The zero-order valence-corrected chi connectivity index (χ0v) is 17.1. The van der Waals surface area contributed by atoms with Crippen molar-refractivity contribution in [2.24, 2.45) is 0 Å². The van der Waals surface area contributed by atoms with Gasteiger partial charge in [0.15, 0.2) is 0 Å². The van der Waals surface area contributed by atoms with Gasteiger partial charge in [-0.15, -0.1) is 11.8 Å². The molecule has 0 atom stereocenters. The zero-order chi connectivity index (χ0) is 19.3. The Labute approximate surface area is 159 Å². The van der Waals surface area contributed by atoms with Gasteiger partial charge in [-0.3, -0.25) is 4.79 Å². The second kappa shape index (κ2) is 8.70. The molecule has 0 saturated carbocycles. The molecule has 26 heavy (non-hydrogen) atoms. The fourth-order valence-corrected chi connectivity index (χ4v) is 4.42. The SMILES string of the molecule is Cc1ccc(C)c(SCC(=O)NCc2ccccc2S(=O)(=O)N(C)C)c1. The summed E-state index contributed by atoms with van der Waals surface area (Å²) in [6, 6.07) is 12.9. The lowest BCUT2D eigenvalue weighted by Gasteiger charge is -2.15. The van der Waals surface area contributed by atoms with Crippen LogP contribution in [-0.2, 0) is 21.4 Å². The zero-order valence-electron chi connectivity index (χ0n) is 15.4. The van der Waals surface area contributed by atoms with Crippen molar-refractivity contribution in [3.63, 3.8) is 0 Å². The Balaban J connectivity index is 2.01. The van der Waals surface area contributed by atoms with Crippen molar-refractivity contribution in [1.29, 1.82) is 0 Å². The predicted molar refractivity (Wildman–Crippen MR) is 106 cm³/mol. The summed E-state index contributed by atoms with van der Waals surface area (Å²) < 4.78 is 25.9. The fourth-order valence-electron chi connectivity index (χ4n) is 2.35. The van der Waals surface area contributed by atoms with Gasteiger partial charge >= 0.3 is 0 Å². The average Bonchev–Trinajstić information content (AvgIpc) is 2.60. The molecule has 0 aromatic heterocycles. The van der Waals surface area contributed by atoms with Gasteiger partial charge in [0.2, 0.25) is 15.9 Å². The summed E-state index contributed by atoms with van der Waals surface area (Å²) in [7, 11) is -0.561. The van der Waals surface area contributed by atoms with Crippen LogP contribution in [0.15, 0.2) is 52.3 Å². The van der Waals surface area contributed by atoms with Gasteiger partial charge in [0.1, 0.15) is 0 Å². The highest BCUT2D eigenvalue weighted by atomic mass is 32.2. The first-order valence-electron chi connectivity index (χ1n) is 8.19. The molecule has 0 saturated heterocycles. The predicted octanol–water partition coefficient (Wildman–Crippen LogP) is 2.96. The number of hydrogen-bond donors (Lipinski definition) is 1. The Kier molecular flexibility index (Phi) is 6.86. The first-order chi connectivity index (χ1) is 12.2. The topological polar surface area (TPSA) is 66.5 Å². The lowest BCUT2D eigenvalue weighted by atomic mass is 10.2. The van der Waals surface area contributed by atoms with Crippen LogP contribution in [0.4, 0.5) is 0 Å². The van der Waals surface area contributed by atoms with Crippen LogP contribution >= 0.6 is 11.8 Å². The number of hydrogen-bond acceptors (Lipinski definition) is 4. The van der Waals surface area contributed by atoms with E-state index in [0.29, 0.717) is 5.56 Å². The maximum absolute atomic E-state index is 12.4. The molecule has 0 bridgehead atoms. The van der Waals surface area contributed by atoms with Gasteiger partial charge < -0.3 is 5.32 Å². The molecule has 0 aliphatic heterocycles. The van der Waals surface area contributed by atoms with Crippen molar-refractivity contribution in [1.82, 2.24) is 9.62 Å². The molecule has 0 spiro atoms. The fraction of sp³-hybridized carbons (Fsp3) is 0.316. The highest BCUT2D eigenvalue weighted by Crippen LogP contribution is 2.23. The van der Waals surface area contributed by atoms with Crippen LogP contribution < -0.4 is 5.32 Å². The maximum Gasteiger partial charge on any atom is 0.242 e. The third-order valence-corrected chi connectivity index (χ3v) is 6.98. The molecule has 140 valence electrons. The second-order valence-corrected chi connectivity index (χ2v) is 9.37. The van der Waals surface area contributed by atoms with E-state index < -0.39 is 10.0 Å². The number of nitrogens with one attached hydrogen (secondary N) is 1. The Hall–Kier alpha value is -1.83. The monoisotopic (exact) mass is 392 g/mol. The van der Waals surface area contributed by atoms with Crippen molar-refractivity contribution in [3.05, 3.63) is 59.2 Å². The van der Waals surface area contributed by atoms with Gasteiger partial charge in [-0.2, -0.15) is 0 Å². The number of amides is 1. The molecule has 1 amide bonds. The van der Waals surface area contributed by atoms with Gasteiger partial charge in [0, 0.05) is 25.5 Å². The minimum Gasteiger partial charge on any atom is -0.351 e. The number of rotatable bonds is 7. The van der Waals surface area contributed by atoms with Crippen LogP contribution in [0.5, 0.6) is 0 Å². The number of carbonyl (C=O) groups excluding carboxylic acids is 1. The lowest BCUT2D eigenvalue weighted by molar-refractivity contribution is -0.118. The summed E-state index contributed by atoms with van der Waals surface area (Å²) in [6.07, 6.45) is 0. The van der Waals surface area contributed by atoms with E-state index in [9.17, 15) is 13.2 Å². The minimum absolute atomic E-state index is 0.132. The van der Waals surface area contributed by atoms with Gasteiger partial charge in [-0.25, -0.2) is 12.7 Å². The van der Waals surface area contributed by atoms with E-state index in [1.165, 1.54) is 30.2 Å². The Bertz CT molecular complexity index is 893. The second-order valence-electron chi connectivity index (χ2n) is 6.23. The van der Waals surface area contributed by atoms with E-state index in [-0.39, 0.29) is 23.1 Å². The van der Waals surface area contributed by atoms with Crippen molar-refractivity contribution in [3.8, 4) is 0 Å². The number of sulfonamides is 1. The van der Waals surface area contributed by atoms with Crippen LogP contribution in [0.3, 0.4) is 0 Å². The lowest BCUT2D eigenvalue weighted by Crippen LogP contribution is -2.27. The summed E-state index contributed by atoms with van der Waals surface area (Å²) in [5.74, 6) is 0.153. The van der Waals surface area contributed by atoms with Crippen molar-refractivity contribution < 1.29 is 13.2 Å². The van der Waals surface area contributed by atoms with E-state index in [0.717, 1.165) is 16.0 Å². The van der Waals surface area contributed by atoms with Crippen LogP contribution in [-0.4, -0.2) is 38.5 Å². The molecule has 0 fully saturated rings. The molecule has 2 rings (SSSR count). The standard InChI is InChI=1S/C19H24N2O3S2/c1-14-9-10-15(2)17(11-14)25-13-19(22)20-12-16-7-5-6-8-18(16)26(23,24)21(3)4/h5-11H,12-13H2,1-4H3,(H,20,22). The number of thioether (sulfide) groups is 1. The molecule has 2 aromatic carbocycles. The third kappa shape index (κ3) is 5.09. The molecule has 5 nitrogen and oxygen atoms in total. The van der Waals surface area contributed by atoms with Crippen molar-refractivity contribution >= 4 is 27.7 Å². The molecular weight excluding hydrogens is 368 g/mol. The summed E-state index contributed by atoms with van der Waals surface area (Å²) in [6.45, 7) is 4.21. The molecule has 0 heterocycles. The van der Waals surface area contributed by atoms with Gasteiger partial charge in [0.05, 0.1) is 10.6 Å². The van der Waals surface area contributed by atoms with E-state index in [1.54, 1.807) is 24.3 Å². The number of benzene rings is 2. The molecule has 2 aromatic rings. The van der Waals surface area contributed by atoms with Crippen molar-refractivity contribution in [2.75, 3.05) is 19.8 Å². The molecule has 0 aliphatic rings. The van der Waals surface area contributed by atoms with E-state index in [2.05, 4.69) is 11.4 Å². The summed E-state index contributed by atoms with van der Waals surface area (Å²) in [5.41, 5.74) is 2.86. The minimum atomic E-state index is -3.54. The normalized spacial score (nSPS) is 11.6. The summed E-state index contributed by atoms with van der Waals surface area (Å²) in [5, 5.41) is 2.81. The molecule has 7 heteroatoms.